The second-order valence-corrected chi connectivity index (χ2v) is 5.55. The third-order valence-corrected chi connectivity index (χ3v) is 4.10. The molecule has 1 aliphatic rings. The molecule has 2 rings (SSSR count). The van der Waals surface area contributed by atoms with Gasteiger partial charge in [-0.05, 0) is 13.3 Å². The molecule has 20 heavy (non-hydrogen) atoms. The van der Waals surface area contributed by atoms with Gasteiger partial charge in [0.1, 0.15) is 6.33 Å². The standard InChI is InChI=1S/C14H24N4O2/c1-6-20-10-7-9(14(10,2)3)18-13-11(19-5)12(15-4)16-8-17-13/h8-10H,6-7H2,1-5H3,(H2,15,16,17,18). The molecule has 0 spiro atoms. The first-order valence-electron chi connectivity index (χ1n) is 6.99. The van der Waals surface area contributed by atoms with Crippen molar-refractivity contribution in [2.24, 2.45) is 5.41 Å². The molecule has 1 aromatic heterocycles. The zero-order valence-corrected chi connectivity index (χ0v) is 12.9. The summed E-state index contributed by atoms with van der Waals surface area (Å²) in [5.74, 6) is 2.05. The molecule has 2 unspecified atom stereocenters. The largest absolute Gasteiger partial charge is 0.490 e. The van der Waals surface area contributed by atoms with Crippen molar-refractivity contribution in [3.05, 3.63) is 6.33 Å². The Morgan fingerprint density at radius 2 is 2.05 bits per heavy atom. The van der Waals surface area contributed by atoms with Crippen molar-refractivity contribution >= 4 is 11.6 Å². The van der Waals surface area contributed by atoms with Gasteiger partial charge < -0.3 is 20.1 Å². The van der Waals surface area contributed by atoms with Crippen LogP contribution in [0.1, 0.15) is 27.2 Å². The molecule has 1 heterocycles. The first-order valence-corrected chi connectivity index (χ1v) is 6.99. The molecule has 1 aliphatic carbocycles. The van der Waals surface area contributed by atoms with E-state index in [-0.39, 0.29) is 5.41 Å². The van der Waals surface area contributed by atoms with E-state index in [0.29, 0.717) is 23.7 Å². The van der Waals surface area contributed by atoms with Crippen LogP contribution in [-0.4, -0.2) is 42.9 Å². The lowest BCUT2D eigenvalue weighted by atomic mass is 9.64. The van der Waals surface area contributed by atoms with E-state index in [1.807, 2.05) is 14.0 Å². The van der Waals surface area contributed by atoms with E-state index in [0.717, 1.165) is 18.8 Å². The van der Waals surface area contributed by atoms with E-state index in [1.165, 1.54) is 6.33 Å². The highest BCUT2D eigenvalue weighted by atomic mass is 16.5. The van der Waals surface area contributed by atoms with Gasteiger partial charge in [0.2, 0.25) is 5.75 Å². The van der Waals surface area contributed by atoms with Crippen molar-refractivity contribution in [1.82, 2.24) is 9.97 Å². The zero-order chi connectivity index (χ0) is 14.8. The van der Waals surface area contributed by atoms with E-state index in [2.05, 4.69) is 34.4 Å². The number of hydrogen-bond donors (Lipinski definition) is 2. The molecule has 0 aromatic carbocycles. The molecule has 0 radical (unpaired) electrons. The highest BCUT2D eigenvalue weighted by molar-refractivity contribution is 5.63. The molecule has 0 bridgehead atoms. The van der Waals surface area contributed by atoms with Gasteiger partial charge in [0.15, 0.2) is 11.6 Å². The second-order valence-electron chi connectivity index (χ2n) is 5.55. The van der Waals surface area contributed by atoms with Crippen LogP contribution in [0.15, 0.2) is 6.33 Å². The summed E-state index contributed by atoms with van der Waals surface area (Å²) >= 11 is 0. The fourth-order valence-corrected chi connectivity index (χ4v) is 2.63. The molecule has 0 amide bonds. The minimum Gasteiger partial charge on any atom is -0.490 e. The lowest BCUT2D eigenvalue weighted by molar-refractivity contribution is -0.0977. The molecule has 2 atom stereocenters. The van der Waals surface area contributed by atoms with Crippen molar-refractivity contribution in [2.75, 3.05) is 31.4 Å². The molecule has 1 saturated carbocycles. The Kier molecular flexibility index (Phi) is 4.32. The Morgan fingerprint density at radius 1 is 1.35 bits per heavy atom. The van der Waals surface area contributed by atoms with Crippen LogP contribution in [-0.2, 0) is 4.74 Å². The number of nitrogens with one attached hydrogen (secondary N) is 2. The molecule has 2 N–H and O–H groups in total. The summed E-state index contributed by atoms with van der Waals surface area (Å²) in [6.45, 7) is 7.20. The van der Waals surface area contributed by atoms with E-state index in [4.69, 9.17) is 9.47 Å². The van der Waals surface area contributed by atoms with Crippen molar-refractivity contribution < 1.29 is 9.47 Å². The van der Waals surface area contributed by atoms with Crippen molar-refractivity contribution in [3.63, 3.8) is 0 Å². The highest BCUT2D eigenvalue weighted by Crippen LogP contribution is 2.45. The monoisotopic (exact) mass is 280 g/mol. The number of methoxy groups -OCH3 is 1. The molecule has 1 fully saturated rings. The van der Waals surface area contributed by atoms with Crippen LogP contribution in [0.25, 0.3) is 0 Å². The molecule has 112 valence electrons. The summed E-state index contributed by atoms with van der Waals surface area (Å²) in [5.41, 5.74) is 0.0752. The molecule has 1 aromatic rings. The van der Waals surface area contributed by atoms with Crippen molar-refractivity contribution in [1.29, 1.82) is 0 Å². The van der Waals surface area contributed by atoms with E-state index in [9.17, 15) is 0 Å². The Hall–Kier alpha value is -1.56. The average molecular weight is 280 g/mol. The zero-order valence-electron chi connectivity index (χ0n) is 12.9. The van der Waals surface area contributed by atoms with Gasteiger partial charge in [-0.2, -0.15) is 0 Å². The summed E-state index contributed by atoms with van der Waals surface area (Å²) in [5, 5.41) is 6.46. The van der Waals surface area contributed by atoms with Gasteiger partial charge in [0.05, 0.1) is 13.2 Å². The van der Waals surface area contributed by atoms with Gasteiger partial charge in [0.25, 0.3) is 0 Å². The summed E-state index contributed by atoms with van der Waals surface area (Å²) in [4.78, 5) is 8.44. The maximum Gasteiger partial charge on any atom is 0.204 e. The number of aromatic nitrogens is 2. The third-order valence-electron chi connectivity index (χ3n) is 4.10. The molecule has 6 heteroatoms. The quantitative estimate of drug-likeness (QED) is 0.832. The lowest BCUT2D eigenvalue weighted by Gasteiger charge is -2.51. The van der Waals surface area contributed by atoms with Crippen LogP contribution in [0.3, 0.4) is 0 Å². The van der Waals surface area contributed by atoms with Crippen LogP contribution < -0.4 is 15.4 Å². The molecule has 6 nitrogen and oxygen atoms in total. The van der Waals surface area contributed by atoms with Crippen LogP contribution in [0, 0.1) is 5.41 Å². The van der Waals surface area contributed by atoms with Crippen LogP contribution in [0.5, 0.6) is 5.75 Å². The Bertz CT molecular complexity index is 464. The minimum absolute atomic E-state index is 0.0752. The Labute approximate surface area is 120 Å². The maximum absolute atomic E-state index is 5.75. The van der Waals surface area contributed by atoms with Crippen molar-refractivity contribution in [2.45, 2.75) is 39.3 Å². The normalized spacial score (nSPS) is 23.9. The smallest absolute Gasteiger partial charge is 0.204 e. The van der Waals surface area contributed by atoms with Crippen LogP contribution in [0.4, 0.5) is 11.6 Å². The van der Waals surface area contributed by atoms with Gasteiger partial charge in [0, 0.05) is 25.1 Å². The third kappa shape index (κ3) is 2.52. The van der Waals surface area contributed by atoms with Crippen LogP contribution in [0.2, 0.25) is 0 Å². The van der Waals surface area contributed by atoms with Crippen LogP contribution >= 0.6 is 0 Å². The summed E-state index contributed by atoms with van der Waals surface area (Å²) in [6, 6.07) is 0.313. The first kappa shape index (κ1) is 14.8. The number of rotatable bonds is 6. The number of hydrogen-bond acceptors (Lipinski definition) is 6. The van der Waals surface area contributed by atoms with Gasteiger partial charge in [-0.1, -0.05) is 13.8 Å². The summed E-state index contributed by atoms with van der Waals surface area (Å²) in [6.07, 6.45) is 2.80. The fraction of sp³-hybridized carbons (Fsp3) is 0.714. The summed E-state index contributed by atoms with van der Waals surface area (Å²) in [7, 11) is 3.44. The van der Waals surface area contributed by atoms with Gasteiger partial charge in [-0.3, -0.25) is 0 Å². The van der Waals surface area contributed by atoms with Gasteiger partial charge >= 0.3 is 0 Å². The minimum atomic E-state index is 0.0752. The first-order chi connectivity index (χ1) is 9.54. The van der Waals surface area contributed by atoms with Crippen molar-refractivity contribution in [3.8, 4) is 5.75 Å². The second kappa shape index (κ2) is 5.83. The summed E-state index contributed by atoms with van der Waals surface area (Å²) < 4.78 is 11.1. The number of ether oxygens (including phenoxy) is 2. The predicted molar refractivity (Wildman–Crippen MR) is 79.4 cm³/mol. The SMILES string of the molecule is CCOC1CC(Nc2ncnc(NC)c2OC)C1(C)C. The fourth-order valence-electron chi connectivity index (χ4n) is 2.63. The number of anilines is 2. The predicted octanol–water partition coefficient (Wildman–Crippen LogP) is 2.14. The number of nitrogens with zero attached hydrogens (tertiary/aromatic N) is 2. The van der Waals surface area contributed by atoms with Gasteiger partial charge in [-0.25, -0.2) is 9.97 Å². The maximum atomic E-state index is 5.75. The Morgan fingerprint density at radius 3 is 2.60 bits per heavy atom. The van der Waals surface area contributed by atoms with E-state index >= 15 is 0 Å². The van der Waals surface area contributed by atoms with Gasteiger partial charge in [-0.15, -0.1) is 0 Å². The van der Waals surface area contributed by atoms with E-state index < -0.39 is 0 Å². The molecule has 0 aliphatic heterocycles. The molecular weight excluding hydrogens is 256 g/mol. The Balaban J connectivity index is 2.12. The molecular formula is C14H24N4O2. The topological polar surface area (TPSA) is 68.3 Å². The lowest BCUT2D eigenvalue weighted by Crippen LogP contribution is -2.58. The average Bonchev–Trinajstić information content (AvgIpc) is 2.45. The van der Waals surface area contributed by atoms with E-state index in [1.54, 1.807) is 7.11 Å². The highest BCUT2D eigenvalue weighted by Gasteiger charge is 2.49. The molecule has 0 saturated heterocycles.